The molecule has 3 rings (SSSR count). The minimum absolute atomic E-state index is 0.221. The van der Waals surface area contributed by atoms with Gasteiger partial charge in [-0.3, -0.25) is 0 Å². The molecule has 2 aromatic carbocycles. The summed E-state index contributed by atoms with van der Waals surface area (Å²) in [5.74, 6) is 0. The van der Waals surface area contributed by atoms with E-state index in [1.165, 1.54) is 35.7 Å². The van der Waals surface area contributed by atoms with E-state index < -0.39 is 10.0 Å². The number of sulfonamides is 1. The third-order valence-electron chi connectivity index (χ3n) is 5.13. The first-order valence-corrected chi connectivity index (χ1v) is 12.6. The number of imidazole rings is 1. The summed E-state index contributed by atoms with van der Waals surface area (Å²) in [5.41, 5.74) is 3.82. The molecule has 164 valence electrons. The molecular weight excluding hydrogens is 428 g/mol. The summed E-state index contributed by atoms with van der Waals surface area (Å²) < 4.78 is 28.4. The van der Waals surface area contributed by atoms with Crippen molar-refractivity contribution in [1.82, 2.24) is 13.9 Å². The molecule has 0 aliphatic rings. The van der Waals surface area contributed by atoms with Crippen molar-refractivity contribution in [2.45, 2.75) is 55.0 Å². The lowest BCUT2D eigenvalue weighted by molar-refractivity contribution is 0.521. The average molecular weight is 457 g/mol. The molecule has 0 N–H and O–H groups in total. The van der Waals surface area contributed by atoms with Crippen LogP contribution in [0, 0.1) is 18.3 Å². The van der Waals surface area contributed by atoms with Gasteiger partial charge in [0.2, 0.25) is 10.0 Å². The Balaban J connectivity index is 1.97. The summed E-state index contributed by atoms with van der Waals surface area (Å²) in [6, 6.07) is 15.7. The van der Waals surface area contributed by atoms with Gasteiger partial charge in [-0.15, -0.1) is 0 Å². The van der Waals surface area contributed by atoms with Crippen molar-refractivity contribution in [2.24, 2.45) is 0 Å². The number of hydrogen-bond donors (Lipinski definition) is 0. The van der Waals surface area contributed by atoms with Crippen LogP contribution in [-0.4, -0.2) is 41.6 Å². The molecule has 0 bridgehead atoms. The van der Waals surface area contributed by atoms with E-state index in [9.17, 15) is 13.7 Å². The van der Waals surface area contributed by atoms with Crippen LogP contribution in [0.4, 0.5) is 0 Å². The molecule has 0 fully saturated rings. The molecule has 3 aromatic rings. The molecule has 6 nitrogen and oxygen atoms in total. The number of benzene rings is 2. The lowest BCUT2D eigenvalue weighted by Gasteiger charge is -2.12. The predicted molar refractivity (Wildman–Crippen MR) is 126 cm³/mol. The van der Waals surface area contributed by atoms with E-state index in [0.717, 1.165) is 35.6 Å². The average Bonchev–Trinajstić information content (AvgIpc) is 3.09. The number of nitrogens with zero attached hydrogens (tertiary/aromatic N) is 4. The zero-order valence-corrected chi connectivity index (χ0v) is 20.0. The lowest BCUT2D eigenvalue weighted by atomic mass is 10.1. The second-order valence-corrected chi connectivity index (χ2v) is 11.1. The second kappa shape index (κ2) is 9.86. The molecular formula is C23H28N4O2S2. The zero-order chi connectivity index (χ0) is 22.6. The molecule has 0 spiro atoms. The van der Waals surface area contributed by atoms with Crippen molar-refractivity contribution in [2.75, 3.05) is 14.1 Å². The fraction of sp³-hybridized carbons (Fsp3) is 0.391. The molecule has 0 saturated carbocycles. The van der Waals surface area contributed by atoms with Gasteiger partial charge in [0.1, 0.15) is 5.25 Å². The van der Waals surface area contributed by atoms with E-state index in [4.69, 9.17) is 4.98 Å². The number of thioether (sulfide) groups is 1. The largest absolute Gasteiger partial charge is 0.319 e. The van der Waals surface area contributed by atoms with E-state index >= 15 is 0 Å². The van der Waals surface area contributed by atoms with E-state index in [2.05, 4.69) is 41.8 Å². The Hall–Kier alpha value is -2.34. The Morgan fingerprint density at radius 2 is 1.90 bits per heavy atom. The van der Waals surface area contributed by atoms with Gasteiger partial charge in [0, 0.05) is 20.6 Å². The van der Waals surface area contributed by atoms with Gasteiger partial charge in [-0.1, -0.05) is 54.9 Å². The van der Waals surface area contributed by atoms with Crippen molar-refractivity contribution in [1.29, 1.82) is 5.26 Å². The van der Waals surface area contributed by atoms with Crippen LogP contribution in [0.2, 0.25) is 0 Å². The fourth-order valence-electron chi connectivity index (χ4n) is 3.26. The van der Waals surface area contributed by atoms with Gasteiger partial charge in [0.05, 0.1) is 22.0 Å². The van der Waals surface area contributed by atoms with Gasteiger partial charge < -0.3 is 4.57 Å². The van der Waals surface area contributed by atoms with Gasteiger partial charge in [-0.25, -0.2) is 17.7 Å². The lowest BCUT2D eigenvalue weighted by Crippen LogP contribution is -2.22. The third kappa shape index (κ3) is 5.29. The van der Waals surface area contributed by atoms with Crippen molar-refractivity contribution in [3.63, 3.8) is 0 Å². The Morgan fingerprint density at radius 1 is 1.19 bits per heavy atom. The number of hydrogen-bond acceptors (Lipinski definition) is 5. The van der Waals surface area contributed by atoms with E-state index in [1.54, 1.807) is 12.1 Å². The van der Waals surface area contributed by atoms with Gasteiger partial charge in [-0.05, 0) is 43.5 Å². The van der Waals surface area contributed by atoms with Crippen LogP contribution in [0.25, 0.3) is 11.0 Å². The SMILES string of the molecule is CCCCn1c(SC(C#N)Cc2ccc(C)cc2)nc2cc(S(=O)(=O)N(C)C)ccc21. The zero-order valence-electron chi connectivity index (χ0n) is 18.4. The van der Waals surface area contributed by atoms with E-state index in [-0.39, 0.29) is 10.1 Å². The van der Waals surface area contributed by atoms with Crippen LogP contribution < -0.4 is 0 Å². The van der Waals surface area contributed by atoms with Crippen molar-refractivity contribution in [3.05, 3.63) is 53.6 Å². The first kappa shape index (κ1) is 23.3. The second-order valence-electron chi connectivity index (χ2n) is 7.76. The number of aryl methyl sites for hydroxylation is 2. The molecule has 1 atom stereocenters. The van der Waals surface area contributed by atoms with Crippen LogP contribution in [0.3, 0.4) is 0 Å². The highest BCUT2D eigenvalue weighted by atomic mass is 32.2. The normalized spacial score (nSPS) is 12.9. The number of unbranched alkanes of at least 4 members (excludes halogenated alkanes) is 1. The molecule has 1 unspecified atom stereocenters. The highest BCUT2D eigenvalue weighted by Gasteiger charge is 2.21. The van der Waals surface area contributed by atoms with Crippen LogP contribution in [-0.2, 0) is 23.0 Å². The Morgan fingerprint density at radius 3 is 2.52 bits per heavy atom. The Kier molecular flexibility index (Phi) is 7.42. The summed E-state index contributed by atoms with van der Waals surface area (Å²) in [6.45, 7) is 4.95. The molecule has 0 radical (unpaired) electrons. The quantitative estimate of drug-likeness (QED) is 0.439. The van der Waals surface area contributed by atoms with Crippen LogP contribution in [0.1, 0.15) is 30.9 Å². The number of aromatic nitrogens is 2. The van der Waals surface area contributed by atoms with E-state index in [1.807, 2.05) is 13.0 Å². The van der Waals surface area contributed by atoms with E-state index in [0.29, 0.717) is 11.9 Å². The summed E-state index contributed by atoms with van der Waals surface area (Å²) in [4.78, 5) is 4.95. The minimum Gasteiger partial charge on any atom is -0.319 e. The van der Waals surface area contributed by atoms with Gasteiger partial charge >= 0.3 is 0 Å². The summed E-state index contributed by atoms with van der Waals surface area (Å²) in [6.07, 6.45) is 2.63. The standard InChI is InChI=1S/C23H28N4O2S2/c1-5-6-13-27-22-12-11-20(31(28,29)26(3)4)15-21(22)25-23(27)30-19(16-24)14-18-9-7-17(2)8-10-18/h7-12,15,19H,5-6,13-14H2,1-4H3. The van der Waals surface area contributed by atoms with Crippen LogP contribution in [0.15, 0.2) is 52.5 Å². The summed E-state index contributed by atoms with van der Waals surface area (Å²) >= 11 is 1.44. The molecule has 1 heterocycles. The Labute approximate surface area is 188 Å². The van der Waals surface area contributed by atoms with Crippen LogP contribution in [0.5, 0.6) is 0 Å². The highest BCUT2D eigenvalue weighted by molar-refractivity contribution is 8.00. The van der Waals surface area contributed by atoms with Gasteiger partial charge in [0.15, 0.2) is 5.16 Å². The van der Waals surface area contributed by atoms with Crippen LogP contribution >= 0.6 is 11.8 Å². The maximum absolute atomic E-state index is 12.5. The number of nitriles is 1. The monoisotopic (exact) mass is 456 g/mol. The predicted octanol–water partition coefficient (Wildman–Crippen LogP) is 4.62. The molecule has 0 amide bonds. The first-order chi connectivity index (χ1) is 14.8. The number of fused-ring (bicyclic) bond motifs is 1. The number of rotatable bonds is 9. The third-order valence-corrected chi connectivity index (χ3v) is 8.02. The van der Waals surface area contributed by atoms with Crippen molar-refractivity contribution < 1.29 is 8.42 Å². The Bertz CT molecular complexity index is 1190. The maximum atomic E-state index is 12.5. The fourth-order valence-corrected chi connectivity index (χ4v) is 5.23. The molecule has 31 heavy (non-hydrogen) atoms. The molecule has 0 aliphatic carbocycles. The molecule has 1 aromatic heterocycles. The van der Waals surface area contributed by atoms with Crippen molar-refractivity contribution in [3.8, 4) is 6.07 Å². The summed E-state index contributed by atoms with van der Waals surface area (Å²) in [5, 5.41) is 10.2. The molecule has 8 heteroatoms. The topological polar surface area (TPSA) is 79.0 Å². The summed E-state index contributed by atoms with van der Waals surface area (Å²) in [7, 11) is -0.502. The van der Waals surface area contributed by atoms with Gasteiger partial charge in [-0.2, -0.15) is 5.26 Å². The van der Waals surface area contributed by atoms with Gasteiger partial charge in [0.25, 0.3) is 0 Å². The molecule has 0 aliphatic heterocycles. The minimum atomic E-state index is -3.54. The highest BCUT2D eigenvalue weighted by Crippen LogP contribution is 2.31. The smallest absolute Gasteiger partial charge is 0.242 e. The first-order valence-electron chi connectivity index (χ1n) is 10.3. The van der Waals surface area contributed by atoms with Crippen molar-refractivity contribution >= 4 is 32.8 Å². The molecule has 0 saturated heterocycles. The maximum Gasteiger partial charge on any atom is 0.242 e.